The van der Waals surface area contributed by atoms with Gasteiger partial charge in [-0.15, -0.1) is 11.3 Å². The second kappa shape index (κ2) is 11.7. The zero-order valence-corrected chi connectivity index (χ0v) is 23.5. The number of ether oxygens (including phenoxy) is 1. The highest BCUT2D eigenvalue weighted by molar-refractivity contribution is 7.90. The number of sulfone groups is 1. The lowest BCUT2D eigenvalue weighted by molar-refractivity contribution is 0.0598. The molecule has 1 aromatic carbocycles. The van der Waals surface area contributed by atoms with Gasteiger partial charge < -0.3 is 13.8 Å². The van der Waals surface area contributed by atoms with Gasteiger partial charge in [-0.25, -0.2) is 13.4 Å². The van der Waals surface area contributed by atoms with Crippen molar-refractivity contribution in [2.24, 2.45) is 5.92 Å². The normalized spacial score (nSPS) is 15.3. The van der Waals surface area contributed by atoms with Gasteiger partial charge in [0.05, 0.1) is 35.5 Å². The molecule has 202 valence electrons. The summed E-state index contributed by atoms with van der Waals surface area (Å²) in [6.07, 6.45) is 2.83. The average Bonchev–Trinajstić information content (AvgIpc) is 3.42. The summed E-state index contributed by atoms with van der Waals surface area (Å²) in [4.78, 5) is 18.0. The van der Waals surface area contributed by atoms with Crippen LogP contribution in [0.2, 0.25) is 0 Å². The number of carbonyl (C=O) groups excluding carboxylic acids is 1. The largest absolute Gasteiger partial charge is 0.381 e. The molecule has 0 saturated carbocycles. The molecule has 1 amide bonds. The first-order chi connectivity index (χ1) is 17.6. The zero-order valence-electron chi connectivity index (χ0n) is 21.0. The maximum absolute atomic E-state index is 13.5. The Balaban J connectivity index is 1.62. The predicted octanol–water partition coefficient (Wildman–Crippen LogP) is 4.34. The van der Waals surface area contributed by atoms with Crippen molar-refractivity contribution in [2.75, 3.05) is 38.0 Å². The quantitative estimate of drug-likeness (QED) is 0.334. The fraction of sp³-hybridized carbons (Fsp3) is 0.522. The number of hydrogen-bond donors (Lipinski definition) is 1. The van der Waals surface area contributed by atoms with E-state index < -0.39 is 23.3 Å². The van der Waals surface area contributed by atoms with Crippen molar-refractivity contribution in [3.8, 4) is 0 Å². The van der Waals surface area contributed by atoms with Crippen LogP contribution in [0.15, 0.2) is 28.5 Å². The first-order valence-electron chi connectivity index (χ1n) is 12.0. The Bertz CT molecular complexity index is 1400. The van der Waals surface area contributed by atoms with E-state index >= 15 is 0 Å². The molecule has 1 N–H and O–H groups in total. The van der Waals surface area contributed by atoms with Gasteiger partial charge in [0.1, 0.15) is 5.69 Å². The highest BCUT2D eigenvalue weighted by Gasteiger charge is 2.27. The van der Waals surface area contributed by atoms with Crippen LogP contribution >= 0.6 is 18.9 Å². The molecule has 2 aromatic heterocycles. The molecular weight excluding hydrogens is 539 g/mol. The molecule has 1 fully saturated rings. The third-order valence-corrected chi connectivity index (χ3v) is 9.84. The first kappa shape index (κ1) is 27.9. The number of amides is 1. The third kappa shape index (κ3) is 6.84. The van der Waals surface area contributed by atoms with Crippen molar-refractivity contribution < 1.29 is 31.6 Å². The molecule has 0 radical (unpaired) electrons. The number of rotatable bonds is 11. The van der Waals surface area contributed by atoms with Crippen molar-refractivity contribution in [1.29, 1.82) is 0 Å². The number of fused-ring (bicyclic) bond motifs is 1. The van der Waals surface area contributed by atoms with E-state index in [1.54, 1.807) is 30.0 Å². The van der Waals surface area contributed by atoms with E-state index in [1.165, 1.54) is 23.5 Å². The molecular formula is C23H31N4O7PS2. The van der Waals surface area contributed by atoms with Gasteiger partial charge in [-0.05, 0) is 50.8 Å². The molecule has 0 atom stereocenters. The highest BCUT2D eigenvalue weighted by atomic mass is 32.2. The van der Waals surface area contributed by atoms with Crippen molar-refractivity contribution in [3.05, 3.63) is 35.0 Å². The Kier molecular flexibility index (Phi) is 8.82. The molecule has 11 nitrogen and oxygen atoms in total. The standard InChI is InChI=1S/C23H31N4O7PS2/c1-4-33-35(29,34-5-2)14-17-15-36-23(24-17)25-22(28)21-19-7-6-18(37(3,30)31)12-20(19)26-27(21)13-16-8-10-32-11-9-16/h6-7,12,15-16H,4-5,8-11,13-14H2,1-3H3,(H,24,25,28). The van der Waals surface area contributed by atoms with Gasteiger partial charge in [0.25, 0.3) is 5.91 Å². The molecule has 37 heavy (non-hydrogen) atoms. The van der Waals surface area contributed by atoms with Gasteiger partial charge in [0.15, 0.2) is 15.0 Å². The lowest BCUT2D eigenvalue weighted by atomic mass is 10.0. The Morgan fingerprint density at radius 1 is 1.24 bits per heavy atom. The zero-order chi connectivity index (χ0) is 26.6. The van der Waals surface area contributed by atoms with E-state index in [2.05, 4.69) is 15.4 Å². The molecule has 3 aromatic rings. The van der Waals surface area contributed by atoms with E-state index in [4.69, 9.17) is 13.8 Å². The Morgan fingerprint density at radius 2 is 1.95 bits per heavy atom. The van der Waals surface area contributed by atoms with E-state index in [9.17, 15) is 17.8 Å². The van der Waals surface area contributed by atoms with Gasteiger partial charge in [-0.1, -0.05) is 0 Å². The maximum atomic E-state index is 13.5. The van der Waals surface area contributed by atoms with Gasteiger partial charge in [0.2, 0.25) is 0 Å². The van der Waals surface area contributed by atoms with Gasteiger partial charge >= 0.3 is 7.60 Å². The number of thiazole rings is 1. The summed E-state index contributed by atoms with van der Waals surface area (Å²) >= 11 is 1.20. The first-order valence-corrected chi connectivity index (χ1v) is 16.5. The summed E-state index contributed by atoms with van der Waals surface area (Å²) in [7, 11) is -6.76. The van der Waals surface area contributed by atoms with E-state index in [-0.39, 0.29) is 30.2 Å². The summed E-state index contributed by atoms with van der Waals surface area (Å²) in [5, 5.41) is 10.0. The fourth-order valence-corrected chi connectivity index (χ4v) is 7.28. The molecule has 14 heteroatoms. The topological polar surface area (TPSA) is 139 Å². The molecule has 0 aliphatic carbocycles. The Morgan fingerprint density at radius 3 is 2.59 bits per heavy atom. The summed E-state index contributed by atoms with van der Waals surface area (Å²) in [5.74, 6) is -0.137. The summed E-state index contributed by atoms with van der Waals surface area (Å²) < 4.78 is 54.8. The van der Waals surface area contributed by atoms with Crippen LogP contribution in [0.3, 0.4) is 0 Å². The number of nitrogens with one attached hydrogen (secondary N) is 1. The number of nitrogens with zero attached hydrogens (tertiary/aromatic N) is 3. The molecule has 1 aliphatic heterocycles. The second-order valence-corrected chi connectivity index (χ2v) is 13.7. The van der Waals surface area contributed by atoms with Crippen LogP contribution in [0, 0.1) is 5.92 Å². The van der Waals surface area contributed by atoms with E-state index in [0.29, 0.717) is 47.2 Å². The number of benzene rings is 1. The monoisotopic (exact) mass is 570 g/mol. The molecule has 4 rings (SSSR count). The number of anilines is 1. The molecule has 1 aliphatic rings. The van der Waals surface area contributed by atoms with Crippen LogP contribution in [0.5, 0.6) is 0 Å². The molecule has 0 unspecified atom stereocenters. The van der Waals surface area contributed by atoms with Gasteiger partial charge in [-0.3, -0.25) is 19.4 Å². The van der Waals surface area contributed by atoms with Gasteiger partial charge in [0, 0.05) is 36.8 Å². The summed E-state index contributed by atoms with van der Waals surface area (Å²) in [6, 6.07) is 4.58. The van der Waals surface area contributed by atoms with Crippen LogP contribution in [0.4, 0.5) is 5.13 Å². The maximum Gasteiger partial charge on any atom is 0.336 e. The predicted molar refractivity (Wildman–Crippen MR) is 141 cm³/mol. The Labute approximate surface area is 220 Å². The van der Waals surface area contributed by atoms with Crippen LogP contribution in [-0.4, -0.2) is 61.8 Å². The molecule has 3 heterocycles. The van der Waals surface area contributed by atoms with E-state index in [1.807, 2.05) is 0 Å². The fourth-order valence-electron chi connectivity index (χ4n) is 4.20. The van der Waals surface area contributed by atoms with Crippen molar-refractivity contribution >= 4 is 50.7 Å². The minimum atomic E-state index is -3.43. The van der Waals surface area contributed by atoms with Crippen LogP contribution in [0.1, 0.15) is 42.9 Å². The van der Waals surface area contributed by atoms with Gasteiger partial charge in [-0.2, -0.15) is 5.10 Å². The molecule has 0 bridgehead atoms. The molecule has 1 saturated heterocycles. The van der Waals surface area contributed by atoms with Crippen molar-refractivity contribution in [3.63, 3.8) is 0 Å². The highest BCUT2D eigenvalue weighted by Crippen LogP contribution is 2.51. The number of carbonyl (C=O) groups is 1. The second-order valence-electron chi connectivity index (χ2n) is 8.74. The van der Waals surface area contributed by atoms with Crippen LogP contribution in [0.25, 0.3) is 10.9 Å². The lowest BCUT2D eigenvalue weighted by Crippen LogP contribution is -2.24. The minimum absolute atomic E-state index is 0.0000663. The summed E-state index contributed by atoms with van der Waals surface area (Å²) in [6.45, 7) is 5.79. The van der Waals surface area contributed by atoms with Crippen LogP contribution in [-0.2, 0) is 40.9 Å². The average molecular weight is 571 g/mol. The molecule has 0 spiro atoms. The number of hydrogen-bond acceptors (Lipinski definition) is 10. The van der Waals surface area contributed by atoms with Crippen molar-refractivity contribution in [2.45, 2.75) is 44.3 Å². The van der Waals surface area contributed by atoms with Crippen molar-refractivity contribution in [1.82, 2.24) is 14.8 Å². The third-order valence-electron chi connectivity index (χ3n) is 5.91. The van der Waals surface area contributed by atoms with Crippen LogP contribution < -0.4 is 5.32 Å². The SMILES string of the molecule is CCOP(=O)(Cc1csc(NC(=O)c2c3ccc(S(C)(=O)=O)cc3nn2CC2CCOCC2)n1)OCC. The number of aromatic nitrogens is 3. The van der Waals surface area contributed by atoms with E-state index in [0.717, 1.165) is 19.1 Å². The minimum Gasteiger partial charge on any atom is -0.381 e. The summed E-state index contributed by atoms with van der Waals surface area (Å²) in [5.41, 5.74) is 1.24. The smallest absolute Gasteiger partial charge is 0.336 e. The lowest BCUT2D eigenvalue weighted by Gasteiger charge is -2.22. The Hall–Kier alpha value is -2.15.